The highest BCUT2D eigenvalue weighted by Gasteiger charge is 2.33. The number of carbonyl (C=O) groups is 1. The summed E-state index contributed by atoms with van der Waals surface area (Å²) >= 11 is 5.78. The minimum atomic E-state index is -1.11. The fourth-order valence-electron chi connectivity index (χ4n) is 1.58. The van der Waals surface area contributed by atoms with Crippen molar-refractivity contribution in [3.63, 3.8) is 0 Å². The second kappa shape index (κ2) is 6.15. The van der Waals surface area contributed by atoms with Gasteiger partial charge in [-0.2, -0.15) is 5.10 Å². The molecule has 8 heteroatoms. The van der Waals surface area contributed by atoms with E-state index < -0.39 is 17.3 Å². The van der Waals surface area contributed by atoms with E-state index in [9.17, 15) is 9.18 Å². The molecule has 1 aromatic heterocycles. The zero-order valence-electron chi connectivity index (χ0n) is 12.0. The van der Waals surface area contributed by atoms with Crippen LogP contribution >= 0.6 is 11.6 Å². The van der Waals surface area contributed by atoms with Crippen LogP contribution in [0.25, 0.3) is 0 Å². The van der Waals surface area contributed by atoms with Crippen molar-refractivity contribution in [1.29, 1.82) is 0 Å². The second-order valence-electron chi connectivity index (χ2n) is 5.02. The number of oxime groups is 1. The maximum atomic E-state index is 12.8. The number of benzene rings is 1. The van der Waals surface area contributed by atoms with Crippen molar-refractivity contribution in [1.82, 2.24) is 9.78 Å². The first-order chi connectivity index (χ1) is 10.3. The van der Waals surface area contributed by atoms with E-state index in [0.29, 0.717) is 10.6 Å². The van der Waals surface area contributed by atoms with E-state index in [2.05, 4.69) is 10.3 Å². The molecule has 1 heterocycles. The highest BCUT2D eigenvalue weighted by atomic mass is 35.5. The number of rotatable bonds is 4. The van der Waals surface area contributed by atoms with Crippen molar-refractivity contribution in [3.8, 4) is 0 Å². The van der Waals surface area contributed by atoms with E-state index in [0.717, 1.165) is 0 Å². The molecule has 0 aliphatic heterocycles. The van der Waals surface area contributed by atoms with Crippen LogP contribution in [-0.4, -0.2) is 21.6 Å². The molecule has 2 N–H and O–H groups in total. The molecule has 0 atom stereocenters. The first kappa shape index (κ1) is 16.0. The summed E-state index contributed by atoms with van der Waals surface area (Å²) in [4.78, 5) is 17.0. The molecule has 0 aliphatic rings. The fraction of sp³-hybridized carbons (Fsp3) is 0.214. The molecule has 0 saturated heterocycles. The van der Waals surface area contributed by atoms with Gasteiger partial charge in [-0.3, -0.25) is 4.68 Å². The summed E-state index contributed by atoms with van der Waals surface area (Å²) in [5.41, 5.74) is 5.01. The molecule has 0 amide bonds. The third kappa shape index (κ3) is 3.43. The second-order valence-corrected chi connectivity index (χ2v) is 5.46. The van der Waals surface area contributed by atoms with Gasteiger partial charge in [0.15, 0.2) is 11.4 Å². The maximum Gasteiger partial charge on any atom is 0.361 e. The molecule has 22 heavy (non-hydrogen) atoms. The lowest BCUT2D eigenvalue weighted by molar-refractivity contribution is -0.153. The Morgan fingerprint density at radius 3 is 2.59 bits per heavy atom. The minimum absolute atomic E-state index is 0.0392. The van der Waals surface area contributed by atoms with Gasteiger partial charge in [0.2, 0.25) is 0 Å². The number of amidine groups is 1. The zero-order chi connectivity index (χ0) is 16.3. The predicted molar refractivity (Wildman–Crippen MR) is 79.8 cm³/mol. The minimum Gasteiger partial charge on any atom is -0.380 e. The topological polar surface area (TPSA) is 82.5 Å². The first-order valence-electron chi connectivity index (χ1n) is 6.32. The van der Waals surface area contributed by atoms with Crippen molar-refractivity contribution in [2.75, 3.05) is 0 Å². The van der Waals surface area contributed by atoms with Gasteiger partial charge in [-0.05, 0) is 38.1 Å². The molecule has 1 aromatic carbocycles. The molecule has 0 bridgehead atoms. The van der Waals surface area contributed by atoms with Gasteiger partial charge < -0.3 is 10.6 Å². The number of hydrogen-bond donors (Lipinski definition) is 1. The normalized spacial score (nSPS) is 12.3. The summed E-state index contributed by atoms with van der Waals surface area (Å²) < 4.78 is 14.2. The van der Waals surface area contributed by atoms with Crippen LogP contribution in [0.2, 0.25) is 5.02 Å². The number of hydrogen-bond acceptors (Lipinski definition) is 4. The lowest BCUT2D eigenvalue weighted by Gasteiger charge is -2.21. The predicted octanol–water partition coefficient (Wildman–Crippen LogP) is 2.27. The van der Waals surface area contributed by atoms with Crippen molar-refractivity contribution >= 4 is 23.4 Å². The van der Waals surface area contributed by atoms with Gasteiger partial charge in [-0.25, -0.2) is 9.18 Å². The van der Waals surface area contributed by atoms with Gasteiger partial charge in [0.1, 0.15) is 5.82 Å². The molecule has 6 nitrogen and oxygen atoms in total. The van der Waals surface area contributed by atoms with Gasteiger partial charge in [0, 0.05) is 11.8 Å². The standard InChI is InChI=1S/C14H14ClFN4O2/c1-14(2,20-8-10(15)7-18-20)13(21)22-19-12(17)9-3-5-11(16)6-4-9/h3-8H,1-2H3,(H2,17,19). The Labute approximate surface area is 131 Å². The molecule has 2 aromatic rings. The summed E-state index contributed by atoms with van der Waals surface area (Å²) in [7, 11) is 0. The lowest BCUT2D eigenvalue weighted by Crippen LogP contribution is -2.37. The smallest absolute Gasteiger partial charge is 0.361 e. The average Bonchev–Trinajstić information content (AvgIpc) is 2.92. The van der Waals surface area contributed by atoms with E-state index in [1.54, 1.807) is 13.8 Å². The van der Waals surface area contributed by atoms with Crippen LogP contribution in [0.1, 0.15) is 19.4 Å². The summed E-state index contributed by atoms with van der Waals surface area (Å²) in [6.07, 6.45) is 2.91. The summed E-state index contributed by atoms with van der Waals surface area (Å²) in [5.74, 6) is -1.11. The Hall–Kier alpha value is -2.41. The SMILES string of the molecule is CC(C)(C(=O)O/N=C(\N)c1ccc(F)cc1)n1cc(Cl)cn1. The number of nitrogens with two attached hydrogens (primary N) is 1. The Bertz CT molecular complexity index is 710. The van der Waals surface area contributed by atoms with E-state index in [-0.39, 0.29) is 5.84 Å². The molecule has 0 saturated carbocycles. The molecule has 116 valence electrons. The monoisotopic (exact) mass is 324 g/mol. The molecule has 0 spiro atoms. The van der Waals surface area contributed by atoms with Crippen LogP contribution in [0.15, 0.2) is 41.8 Å². The van der Waals surface area contributed by atoms with Crippen molar-refractivity contribution in [2.24, 2.45) is 10.9 Å². The number of nitrogens with zero attached hydrogens (tertiary/aromatic N) is 3. The highest BCUT2D eigenvalue weighted by Crippen LogP contribution is 2.19. The molecular weight excluding hydrogens is 311 g/mol. The number of halogens is 2. The summed E-state index contributed by atoms with van der Waals surface area (Å²) in [6.45, 7) is 3.20. The van der Waals surface area contributed by atoms with Crippen molar-refractivity contribution in [2.45, 2.75) is 19.4 Å². The Morgan fingerprint density at radius 2 is 2.05 bits per heavy atom. The third-order valence-corrected chi connectivity index (χ3v) is 3.19. The van der Waals surface area contributed by atoms with E-state index in [4.69, 9.17) is 22.2 Å². The lowest BCUT2D eigenvalue weighted by atomic mass is 10.1. The molecule has 0 fully saturated rings. The average molecular weight is 325 g/mol. The van der Waals surface area contributed by atoms with Crippen LogP contribution in [-0.2, 0) is 15.2 Å². The maximum absolute atomic E-state index is 12.8. The van der Waals surface area contributed by atoms with Gasteiger partial charge in [0.25, 0.3) is 0 Å². The Kier molecular flexibility index (Phi) is 4.46. The van der Waals surface area contributed by atoms with E-state index in [1.165, 1.54) is 41.3 Å². The fourth-order valence-corrected chi connectivity index (χ4v) is 1.71. The summed E-state index contributed by atoms with van der Waals surface area (Å²) in [5, 5.41) is 7.94. The molecule has 0 aliphatic carbocycles. The molecule has 0 radical (unpaired) electrons. The number of aromatic nitrogens is 2. The molecule has 2 rings (SSSR count). The molecular formula is C14H14ClFN4O2. The largest absolute Gasteiger partial charge is 0.380 e. The quantitative estimate of drug-likeness (QED) is 0.405. The van der Waals surface area contributed by atoms with Crippen LogP contribution in [0, 0.1) is 5.82 Å². The van der Waals surface area contributed by atoms with Crippen LogP contribution < -0.4 is 5.73 Å². The van der Waals surface area contributed by atoms with Gasteiger partial charge in [-0.15, -0.1) is 0 Å². The summed E-state index contributed by atoms with van der Waals surface area (Å²) in [6, 6.07) is 5.32. The van der Waals surface area contributed by atoms with Crippen molar-refractivity contribution in [3.05, 3.63) is 53.1 Å². The van der Waals surface area contributed by atoms with Gasteiger partial charge in [-0.1, -0.05) is 16.8 Å². The van der Waals surface area contributed by atoms with Gasteiger partial charge in [0.05, 0.1) is 11.2 Å². The van der Waals surface area contributed by atoms with E-state index in [1.807, 2.05) is 0 Å². The molecule has 0 unspecified atom stereocenters. The zero-order valence-corrected chi connectivity index (χ0v) is 12.7. The first-order valence-corrected chi connectivity index (χ1v) is 6.70. The Balaban J connectivity index is 2.11. The van der Waals surface area contributed by atoms with E-state index >= 15 is 0 Å². The Morgan fingerprint density at radius 1 is 1.41 bits per heavy atom. The third-order valence-electron chi connectivity index (χ3n) is 2.99. The van der Waals surface area contributed by atoms with Gasteiger partial charge >= 0.3 is 5.97 Å². The van der Waals surface area contributed by atoms with Crippen LogP contribution in [0.5, 0.6) is 0 Å². The highest BCUT2D eigenvalue weighted by molar-refractivity contribution is 6.30. The van der Waals surface area contributed by atoms with Crippen LogP contribution in [0.4, 0.5) is 4.39 Å². The van der Waals surface area contributed by atoms with Crippen molar-refractivity contribution < 1.29 is 14.0 Å². The van der Waals surface area contributed by atoms with Crippen LogP contribution in [0.3, 0.4) is 0 Å². The number of carbonyl (C=O) groups excluding carboxylic acids is 1.